The van der Waals surface area contributed by atoms with Crippen LogP contribution >= 0.6 is 23.6 Å². The van der Waals surface area contributed by atoms with Crippen LogP contribution in [0.15, 0.2) is 36.4 Å². The van der Waals surface area contributed by atoms with Crippen LogP contribution in [0.3, 0.4) is 0 Å². The molecule has 0 amide bonds. The molecular formula is C27H38N2O2S2. The van der Waals surface area contributed by atoms with Crippen molar-refractivity contribution in [2.75, 3.05) is 11.9 Å². The van der Waals surface area contributed by atoms with Crippen molar-refractivity contribution in [3.05, 3.63) is 52.4 Å². The predicted octanol–water partition coefficient (Wildman–Crippen LogP) is 7.48. The van der Waals surface area contributed by atoms with Gasteiger partial charge in [-0.25, -0.2) is 4.79 Å². The van der Waals surface area contributed by atoms with E-state index in [1.165, 1.54) is 63.4 Å². The van der Waals surface area contributed by atoms with E-state index in [9.17, 15) is 4.79 Å². The largest absolute Gasteiger partial charge is 0.462 e. The number of ether oxygens (including phenoxy) is 1. The summed E-state index contributed by atoms with van der Waals surface area (Å²) in [6, 6.07) is 12.6. The average Bonchev–Trinajstić information content (AvgIpc) is 3.18. The van der Waals surface area contributed by atoms with Gasteiger partial charge in [0.1, 0.15) is 5.00 Å². The van der Waals surface area contributed by atoms with Crippen LogP contribution in [0.5, 0.6) is 0 Å². The van der Waals surface area contributed by atoms with E-state index in [0.29, 0.717) is 23.3 Å². The zero-order valence-corrected chi connectivity index (χ0v) is 21.5. The van der Waals surface area contributed by atoms with Gasteiger partial charge in [-0.2, -0.15) is 0 Å². The molecule has 1 heterocycles. The van der Waals surface area contributed by atoms with Crippen LogP contribution in [-0.2, 0) is 11.2 Å². The number of rotatable bonds is 6. The highest BCUT2D eigenvalue weighted by molar-refractivity contribution is 7.80. The second-order valence-electron chi connectivity index (χ2n) is 8.89. The van der Waals surface area contributed by atoms with Crippen LogP contribution in [0.2, 0.25) is 0 Å². The number of anilines is 1. The topological polar surface area (TPSA) is 50.4 Å². The molecule has 33 heavy (non-hydrogen) atoms. The molecule has 1 saturated carbocycles. The lowest BCUT2D eigenvalue weighted by Crippen LogP contribution is -2.38. The number of hydrogen-bond acceptors (Lipinski definition) is 4. The number of benzene rings is 1. The molecule has 0 radical (unpaired) electrons. The van der Waals surface area contributed by atoms with Gasteiger partial charge in [0.05, 0.1) is 12.2 Å². The fraction of sp³-hybridized carbons (Fsp3) is 0.556. The fourth-order valence-electron chi connectivity index (χ4n) is 4.41. The first kappa shape index (κ1) is 25.7. The van der Waals surface area contributed by atoms with Gasteiger partial charge in [0.15, 0.2) is 5.11 Å². The van der Waals surface area contributed by atoms with Crippen molar-refractivity contribution < 1.29 is 9.53 Å². The molecular weight excluding hydrogens is 448 g/mol. The van der Waals surface area contributed by atoms with Crippen LogP contribution in [0.25, 0.3) is 0 Å². The second-order valence-corrected chi connectivity index (χ2v) is 10.4. The fourth-order valence-corrected chi connectivity index (χ4v) is 5.83. The second kappa shape index (κ2) is 14.4. The molecule has 6 heteroatoms. The number of carbonyl (C=O) groups is 1. The monoisotopic (exact) mass is 486 g/mol. The summed E-state index contributed by atoms with van der Waals surface area (Å²) in [5.74, 6) is -0.302. The lowest BCUT2D eigenvalue weighted by molar-refractivity contribution is 0.0528. The maximum Gasteiger partial charge on any atom is 0.341 e. The predicted molar refractivity (Wildman–Crippen MR) is 143 cm³/mol. The van der Waals surface area contributed by atoms with E-state index in [4.69, 9.17) is 17.0 Å². The maximum absolute atomic E-state index is 12.6. The Bertz CT molecular complexity index is 854. The number of carbonyl (C=O) groups excluding carboxylic acids is 1. The van der Waals surface area contributed by atoms with Crippen LogP contribution in [0.4, 0.5) is 5.00 Å². The normalized spacial score (nSPS) is 16.3. The molecule has 2 N–H and O–H groups in total. The molecule has 1 aliphatic rings. The molecule has 0 aliphatic heterocycles. The van der Waals surface area contributed by atoms with Crippen molar-refractivity contribution in [3.63, 3.8) is 0 Å². The van der Waals surface area contributed by atoms with E-state index in [1.807, 2.05) is 31.2 Å². The summed E-state index contributed by atoms with van der Waals surface area (Å²) >= 11 is 7.26. The SMILES string of the molecule is CCOC(=O)c1cc(Cc2ccccc2)sc1NC(=S)NC1CCCCCCCCCCC1. The summed E-state index contributed by atoms with van der Waals surface area (Å²) < 4.78 is 5.31. The average molecular weight is 487 g/mol. The minimum Gasteiger partial charge on any atom is -0.462 e. The van der Waals surface area contributed by atoms with E-state index in [2.05, 4.69) is 22.8 Å². The standard InChI is InChI=1S/C27H38N2O2S2/c1-2-31-26(30)24-20-23(19-21-15-11-10-12-16-21)33-25(24)29-27(32)28-22-17-13-8-6-4-3-5-7-9-14-18-22/h10-12,15-16,20,22H,2-9,13-14,17-19H2,1H3,(H2,28,29,32). The molecule has 2 aromatic rings. The Morgan fingerprint density at radius 1 is 1.00 bits per heavy atom. The summed E-state index contributed by atoms with van der Waals surface area (Å²) in [5, 5.41) is 8.25. The highest BCUT2D eigenvalue weighted by atomic mass is 32.1. The van der Waals surface area contributed by atoms with Crippen LogP contribution in [-0.4, -0.2) is 23.7 Å². The van der Waals surface area contributed by atoms with Gasteiger partial charge in [0, 0.05) is 17.3 Å². The van der Waals surface area contributed by atoms with E-state index >= 15 is 0 Å². The molecule has 1 aliphatic carbocycles. The number of esters is 1. The molecule has 0 unspecified atom stereocenters. The summed E-state index contributed by atoms with van der Waals surface area (Å²) in [5.41, 5.74) is 1.78. The van der Waals surface area contributed by atoms with Crippen molar-refractivity contribution in [2.24, 2.45) is 0 Å². The van der Waals surface area contributed by atoms with Gasteiger partial charge >= 0.3 is 5.97 Å². The number of hydrogen-bond donors (Lipinski definition) is 2. The van der Waals surface area contributed by atoms with E-state index < -0.39 is 0 Å². The quantitative estimate of drug-likeness (QED) is 0.327. The van der Waals surface area contributed by atoms with Crippen LogP contribution < -0.4 is 10.6 Å². The Hall–Kier alpha value is -1.92. The molecule has 1 fully saturated rings. The lowest BCUT2D eigenvalue weighted by Gasteiger charge is -2.21. The Balaban J connectivity index is 1.64. The van der Waals surface area contributed by atoms with Gasteiger partial charge in [-0.3, -0.25) is 0 Å². The van der Waals surface area contributed by atoms with Crippen molar-refractivity contribution >= 4 is 39.6 Å². The van der Waals surface area contributed by atoms with E-state index in [1.54, 1.807) is 11.3 Å². The molecule has 0 atom stereocenters. The zero-order chi connectivity index (χ0) is 23.3. The van der Waals surface area contributed by atoms with E-state index in [-0.39, 0.29) is 5.97 Å². The number of nitrogens with one attached hydrogen (secondary N) is 2. The van der Waals surface area contributed by atoms with Crippen molar-refractivity contribution in [2.45, 2.75) is 90.0 Å². The van der Waals surface area contributed by atoms with Gasteiger partial charge in [-0.1, -0.05) is 88.1 Å². The first-order valence-electron chi connectivity index (χ1n) is 12.6. The highest BCUT2D eigenvalue weighted by Crippen LogP contribution is 2.31. The molecule has 1 aromatic heterocycles. The Kier molecular flexibility index (Phi) is 11.2. The van der Waals surface area contributed by atoms with Crippen molar-refractivity contribution in [1.82, 2.24) is 5.32 Å². The van der Waals surface area contributed by atoms with Gasteiger partial charge in [-0.15, -0.1) is 11.3 Å². The Morgan fingerprint density at radius 2 is 1.61 bits per heavy atom. The molecule has 0 spiro atoms. The molecule has 3 rings (SSSR count). The molecule has 0 saturated heterocycles. The summed E-state index contributed by atoms with van der Waals surface area (Å²) in [6.07, 6.45) is 15.0. The van der Waals surface area contributed by atoms with Crippen molar-refractivity contribution in [1.29, 1.82) is 0 Å². The summed E-state index contributed by atoms with van der Waals surface area (Å²) in [7, 11) is 0. The Morgan fingerprint density at radius 3 is 2.21 bits per heavy atom. The summed E-state index contributed by atoms with van der Waals surface area (Å²) in [4.78, 5) is 13.7. The first-order chi connectivity index (χ1) is 16.2. The minimum atomic E-state index is -0.302. The van der Waals surface area contributed by atoms with Gasteiger partial charge in [0.2, 0.25) is 0 Å². The molecule has 180 valence electrons. The maximum atomic E-state index is 12.6. The smallest absolute Gasteiger partial charge is 0.341 e. The third-order valence-electron chi connectivity index (χ3n) is 6.17. The lowest BCUT2D eigenvalue weighted by atomic mass is 9.98. The number of thiophene rings is 1. The minimum absolute atomic E-state index is 0.302. The van der Waals surface area contributed by atoms with Gasteiger partial charge in [0.25, 0.3) is 0 Å². The van der Waals surface area contributed by atoms with E-state index in [0.717, 1.165) is 29.1 Å². The summed E-state index contributed by atoms with van der Waals surface area (Å²) in [6.45, 7) is 2.19. The van der Waals surface area contributed by atoms with Gasteiger partial charge in [-0.05, 0) is 43.6 Å². The van der Waals surface area contributed by atoms with Crippen molar-refractivity contribution in [3.8, 4) is 0 Å². The molecule has 4 nitrogen and oxygen atoms in total. The third kappa shape index (κ3) is 9.09. The van der Waals surface area contributed by atoms with Crippen LogP contribution in [0, 0.1) is 0 Å². The molecule has 1 aromatic carbocycles. The van der Waals surface area contributed by atoms with Gasteiger partial charge < -0.3 is 15.4 Å². The Labute approximate surface area is 208 Å². The highest BCUT2D eigenvalue weighted by Gasteiger charge is 2.19. The van der Waals surface area contributed by atoms with Crippen LogP contribution in [0.1, 0.15) is 98.4 Å². The third-order valence-corrected chi connectivity index (χ3v) is 7.44. The zero-order valence-electron chi connectivity index (χ0n) is 19.9. The number of thiocarbonyl (C=S) groups is 1. The first-order valence-corrected chi connectivity index (χ1v) is 13.8. The molecule has 0 bridgehead atoms.